The summed E-state index contributed by atoms with van der Waals surface area (Å²) in [4.78, 5) is 3.49. The van der Waals surface area contributed by atoms with Gasteiger partial charge >= 0.3 is 0 Å². The molecule has 0 aliphatic rings. The minimum atomic E-state index is -0.971. The van der Waals surface area contributed by atoms with Crippen molar-refractivity contribution in [2.75, 3.05) is 0 Å². The molecule has 0 saturated carbocycles. The summed E-state index contributed by atoms with van der Waals surface area (Å²) in [6.07, 6.45) is 0.963. The molecule has 0 amide bonds. The number of H-pyrrole nitrogens is 1. The van der Waals surface area contributed by atoms with E-state index in [9.17, 15) is 10.4 Å². The van der Waals surface area contributed by atoms with Gasteiger partial charge in [-0.3, -0.25) is 0 Å². The number of hydrogen-bond acceptors (Lipinski definition) is 2. The van der Waals surface area contributed by atoms with E-state index in [4.69, 9.17) is 0 Å². The maximum absolute atomic E-state index is 10.5. The molecule has 29 heavy (non-hydrogen) atoms. The monoisotopic (exact) mass is 380 g/mol. The van der Waals surface area contributed by atoms with Crippen LogP contribution in [0.5, 0.6) is 5.75 Å². The molecular formula is C26H24N2O. The number of hydrogen-bond donors (Lipinski definition) is 2. The van der Waals surface area contributed by atoms with Gasteiger partial charge in [0.25, 0.3) is 0 Å². The Morgan fingerprint density at radius 2 is 1.48 bits per heavy atom. The predicted octanol–water partition coefficient (Wildman–Crippen LogP) is 5.91. The summed E-state index contributed by atoms with van der Waals surface area (Å²) < 4.78 is 0. The Balaban J connectivity index is 2.02. The van der Waals surface area contributed by atoms with E-state index in [1.807, 2.05) is 43.3 Å². The number of aromatic nitrogens is 1. The molecule has 1 unspecified atom stereocenters. The van der Waals surface area contributed by atoms with Gasteiger partial charge in [-0.2, -0.15) is 5.26 Å². The van der Waals surface area contributed by atoms with Gasteiger partial charge in [-0.1, -0.05) is 61.0 Å². The number of aromatic hydroxyl groups is 1. The Morgan fingerprint density at radius 1 is 0.897 bits per heavy atom. The van der Waals surface area contributed by atoms with Crippen LogP contribution in [0.3, 0.4) is 0 Å². The molecule has 1 heterocycles. The van der Waals surface area contributed by atoms with Crippen LogP contribution in [0.4, 0.5) is 0 Å². The molecule has 2 N–H and O–H groups in total. The van der Waals surface area contributed by atoms with Gasteiger partial charge in [-0.05, 0) is 60.7 Å². The summed E-state index contributed by atoms with van der Waals surface area (Å²) in [6, 6.07) is 23.9. The SMILES string of the molecule is CCc1c(C)[nH]c2cc(C(C#N)(c3ccc(C)cc3)c3ccc(O)cc3)ccc12. The molecule has 0 fully saturated rings. The minimum Gasteiger partial charge on any atom is -0.508 e. The quantitative estimate of drug-likeness (QED) is 0.432. The third-order valence-electron chi connectivity index (χ3n) is 5.86. The molecule has 0 radical (unpaired) electrons. The van der Waals surface area contributed by atoms with Crippen molar-refractivity contribution in [3.05, 3.63) is 100 Å². The van der Waals surface area contributed by atoms with E-state index in [0.717, 1.165) is 34.2 Å². The average Bonchev–Trinajstić information content (AvgIpc) is 3.05. The summed E-state index contributed by atoms with van der Waals surface area (Å²) >= 11 is 0. The smallest absolute Gasteiger partial charge is 0.132 e. The maximum atomic E-state index is 10.5. The highest BCUT2D eigenvalue weighted by Gasteiger charge is 2.37. The molecule has 3 heteroatoms. The lowest BCUT2D eigenvalue weighted by atomic mass is 9.70. The van der Waals surface area contributed by atoms with E-state index in [1.165, 1.54) is 16.6 Å². The molecule has 0 spiro atoms. The van der Waals surface area contributed by atoms with E-state index in [0.29, 0.717) is 0 Å². The number of aromatic amines is 1. The first-order valence-electron chi connectivity index (χ1n) is 9.89. The van der Waals surface area contributed by atoms with Crippen LogP contribution in [-0.4, -0.2) is 10.1 Å². The summed E-state index contributed by atoms with van der Waals surface area (Å²) in [7, 11) is 0. The Morgan fingerprint density at radius 3 is 2.07 bits per heavy atom. The Labute approximate surface area is 171 Å². The van der Waals surface area contributed by atoms with Crippen LogP contribution in [0.1, 0.15) is 40.4 Å². The zero-order valence-electron chi connectivity index (χ0n) is 17.0. The second kappa shape index (κ2) is 7.14. The van der Waals surface area contributed by atoms with Crippen LogP contribution >= 0.6 is 0 Å². The first-order chi connectivity index (χ1) is 14.0. The summed E-state index contributed by atoms with van der Waals surface area (Å²) in [5.41, 5.74) is 6.36. The van der Waals surface area contributed by atoms with Crippen LogP contribution in [0.15, 0.2) is 66.7 Å². The molecule has 3 aromatic carbocycles. The largest absolute Gasteiger partial charge is 0.508 e. The van der Waals surface area contributed by atoms with Gasteiger partial charge in [0.15, 0.2) is 0 Å². The fraction of sp³-hybridized carbons (Fsp3) is 0.192. The van der Waals surface area contributed by atoms with Crippen LogP contribution < -0.4 is 0 Å². The lowest BCUT2D eigenvalue weighted by molar-refractivity contribution is 0.475. The van der Waals surface area contributed by atoms with E-state index in [-0.39, 0.29) is 5.75 Å². The third kappa shape index (κ3) is 2.98. The molecular weight excluding hydrogens is 356 g/mol. The number of aryl methyl sites for hydroxylation is 3. The molecule has 0 saturated heterocycles. The van der Waals surface area contributed by atoms with Gasteiger partial charge < -0.3 is 10.1 Å². The second-order valence-electron chi connectivity index (χ2n) is 7.62. The molecule has 1 atom stereocenters. The molecule has 0 bridgehead atoms. The molecule has 1 aromatic heterocycles. The molecule has 0 aliphatic carbocycles. The number of nitrogens with one attached hydrogen (secondary N) is 1. The van der Waals surface area contributed by atoms with Gasteiger partial charge in [-0.25, -0.2) is 0 Å². The number of nitrogens with zero attached hydrogens (tertiary/aromatic N) is 1. The van der Waals surface area contributed by atoms with Crippen molar-refractivity contribution in [3.63, 3.8) is 0 Å². The topological polar surface area (TPSA) is 59.8 Å². The Bertz CT molecular complexity index is 1160. The maximum Gasteiger partial charge on any atom is 0.132 e. The molecule has 4 rings (SSSR count). The van der Waals surface area contributed by atoms with Crippen LogP contribution in [0.2, 0.25) is 0 Å². The van der Waals surface area contributed by atoms with Gasteiger partial charge in [0.1, 0.15) is 11.2 Å². The summed E-state index contributed by atoms with van der Waals surface area (Å²) in [5, 5.41) is 21.5. The van der Waals surface area contributed by atoms with Gasteiger partial charge in [0, 0.05) is 16.6 Å². The Kier molecular flexibility index (Phi) is 4.64. The lowest BCUT2D eigenvalue weighted by Crippen LogP contribution is -2.27. The van der Waals surface area contributed by atoms with Crippen molar-refractivity contribution in [2.45, 2.75) is 32.6 Å². The number of benzene rings is 3. The van der Waals surface area contributed by atoms with E-state index in [2.05, 4.69) is 43.1 Å². The Hall–Kier alpha value is -3.51. The highest BCUT2D eigenvalue weighted by Crippen LogP contribution is 2.41. The number of phenols is 1. The van der Waals surface area contributed by atoms with Crippen molar-refractivity contribution >= 4 is 10.9 Å². The third-order valence-corrected chi connectivity index (χ3v) is 5.86. The predicted molar refractivity (Wildman–Crippen MR) is 117 cm³/mol. The molecule has 3 nitrogen and oxygen atoms in total. The standard InChI is InChI=1S/C26H24N2O/c1-4-23-18(3)28-25-15-21(11-14-24(23)25)26(16-27,19-7-5-17(2)6-8-19)20-9-12-22(29)13-10-20/h5-15,28-29H,4H2,1-3H3. The highest BCUT2D eigenvalue weighted by atomic mass is 16.3. The highest BCUT2D eigenvalue weighted by molar-refractivity contribution is 5.86. The fourth-order valence-electron chi connectivity index (χ4n) is 4.29. The number of rotatable bonds is 4. The van der Waals surface area contributed by atoms with Crippen LogP contribution in [0, 0.1) is 25.2 Å². The van der Waals surface area contributed by atoms with E-state index in [1.54, 1.807) is 12.1 Å². The van der Waals surface area contributed by atoms with Crippen LogP contribution in [-0.2, 0) is 11.8 Å². The lowest BCUT2D eigenvalue weighted by Gasteiger charge is -2.29. The first kappa shape index (κ1) is 18.8. The van der Waals surface area contributed by atoms with Crippen molar-refractivity contribution in [1.29, 1.82) is 5.26 Å². The number of nitriles is 1. The van der Waals surface area contributed by atoms with E-state index >= 15 is 0 Å². The van der Waals surface area contributed by atoms with Crippen molar-refractivity contribution in [1.82, 2.24) is 4.98 Å². The van der Waals surface area contributed by atoms with Crippen molar-refractivity contribution in [3.8, 4) is 11.8 Å². The molecule has 4 aromatic rings. The number of phenolic OH excluding ortho intramolecular Hbond substituents is 1. The van der Waals surface area contributed by atoms with Gasteiger partial charge in [0.2, 0.25) is 0 Å². The molecule has 144 valence electrons. The summed E-state index contributed by atoms with van der Waals surface area (Å²) in [6.45, 7) is 6.29. The van der Waals surface area contributed by atoms with Crippen molar-refractivity contribution < 1.29 is 5.11 Å². The zero-order chi connectivity index (χ0) is 20.6. The normalized spacial score (nSPS) is 13.2. The second-order valence-corrected chi connectivity index (χ2v) is 7.62. The average molecular weight is 380 g/mol. The van der Waals surface area contributed by atoms with Gasteiger partial charge in [-0.15, -0.1) is 0 Å². The minimum absolute atomic E-state index is 0.188. The van der Waals surface area contributed by atoms with Crippen LogP contribution in [0.25, 0.3) is 10.9 Å². The zero-order valence-corrected chi connectivity index (χ0v) is 17.0. The fourth-order valence-corrected chi connectivity index (χ4v) is 4.29. The number of fused-ring (bicyclic) bond motifs is 1. The van der Waals surface area contributed by atoms with Crippen molar-refractivity contribution in [2.24, 2.45) is 0 Å². The van der Waals surface area contributed by atoms with Gasteiger partial charge in [0.05, 0.1) is 6.07 Å². The summed E-state index contributed by atoms with van der Waals surface area (Å²) in [5.74, 6) is 0.188. The first-order valence-corrected chi connectivity index (χ1v) is 9.89. The van der Waals surface area contributed by atoms with E-state index < -0.39 is 5.41 Å². The molecule has 0 aliphatic heterocycles.